The molecule has 40 heavy (non-hydrogen) atoms. The Morgan fingerprint density at radius 3 is 2.38 bits per heavy atom. The molecule has 5 rings (SSSR count). The minimum absolute atomic E-state index is 0.0790. The van der Waals surface area contributed by atoms with E-state index in [0.29, 0.717) is 23.6 Å². The van der Waals surface area contributed by atoms with E-state index in [4.69, 9.17) is 23.2 Å². The molecule has 2 amide bonds. The summed E-state index contributed by atoms with van der Waals surface area (Å²) in [5.41, 5.74) is 2.06. The summed E-state index contributed by atoms with van der Waals surface area (Å²) in [5, 5.41) is 1.64. The molecule has 0 atom stereocenters. The van der Waals surface area contributed by atoms with E-state index in [0.717, 1.165) is 41.4 Å². The SMILES string of the molecule is O=C(CN(C(=O)c1ccc(Cl)cc1Cl)C1CC1)N(CCc1c[nH]c2ccccc12)Cc1ccc(C(F)(F)F)cc1. The van der Waals surface area contributed by atoms with Gasteiger partial charge >= 0.3 is 6.18 Å². The molecule has 0 unspecified atom stereocenters. The number of carbonyl (C=O) groups excluding carboxylic acids is 2. The van der Waals surface area contributed by atoms with Crippen LogP contribution < -0.4 is 0 Å². The predicted octanol–water partition coefficient (Wildman–Crippen LogP) is 7.37. The molecule has 1 aliphatic carbocycles. The van der Waals surface area contributed by atoms with Crippen molar-refractivity contribution < 1.29 is 22.8 Å². The molecule has 0 spiro atoms. The third-order valence-corrected chi connectivity index (χ3v) is 7.60. The molecule has 0 aliphatic heterocycles. The Morgan fingerprint density at radius 1 is 0.975 bits per heavy atom. The second kappa shape index (κ2) is 11.6. The van der Waals surface area contributed by atoms with Crippen molar-refractivity contribution in [3.05, 3.63) is 105 Å². The number of rotatable bonds is 9. The van der Waals surface area contributed by atoms with Gasteiger partial charge in [0, 0.05) is 41.3 Å². The zero-order valence-corrected chi connectivity index (χ0v) is 22.9. The van der Waals surface area contributed by atoms with Crippen LogP contribution in [-0.4, -0.2) is 45.7 Å². The maximum atomic E-state index is 13.7. The van der Waals surface area contributed by atoms with E-state index in [1.165, 1.54) is 23.1 Å². The molecule has 208 valence electrons. The highest BCUT2D eigenvalue weighted by molar-refractivity contribution is 6.36. The predicted molar refractivity (Wildman–Crippen MR) is 149 cm³/mol. The van der Waals surface area contributed by atoms with Crippen molar-refractivity contribution in [2.24, 2.45) is 0 Å². The standard InChI is InChI=1S/C30H26Cl2F3N3O2/c31-22-9-12-25(26(32)15-22)29(40)38(23-10-11-23)18-28(39)37(17-19-5-7-21(8-6-19)30(33,34)35)14-13-20-16-36-27-4-2-1-3-24(20)27/h1-9,12,15-16,23,36H,10-11,13-14,17-18H2. The van der Waals surface area contributed by atoms with Crippen molar-refractivity contribution in [2.75, 3.05) is 13.1 Å². The Labute approximate surface area is 239 Å². The minimum atomic E-state index is -4.45. The summed E-state index contributed by atoms with van der Waals surface area (Å²) in [6.45, 7) is 0.251. The van der Waals surface area contributed by atoms with Gasteiger partial charge in [0.05, 0.1) is 16.1 Å². The number of alkyl halides is 3. The molecule has 1 saturated carbocycles. The van der Waals surface area contributed by atoms with Crippen molar-refractivity contribution in [3.63, 3.8) is 0 Å². The molecule has 1 heterocycles. The number of halogens is 5. The van der Waals surface area contributed by atoms with Crippen molar-refractivity contribution >= 4 is 45.9 Å². The Bertz CT molecular complexity index is 1530. The smallest absolute Gasteiger partial charge is 0.361 e. The topological polar surface area (TPSA) is 56.4 Å². The second-order valence-electron chi connectivity index (χ2n) is 9.91. The summed E-state index contributed by atoms with van der Waals surface area (Å²) >= 11 is 12.3. The minimum Gasteiger partial charge on any atom is -0.361 e. The second-order valence-corrected chi connectivity index (χ2v) is 10.8. The van der Waals surface area contributed by atoms with Crippen molar-refractivity contribution in [1.82, 2.24) is 14.8 Å². The summed E-state index contributed by atoms with van der Waals surface area (Å²) in [4.78, 5) is 33.5. The molecule has 1 fully saturated rings. The Morgan fingerprint density at radius 2 is 1.70 bits per heavy atom. The number of hydrogen-bond donors (Lipinski definition) is 1. The van der Waals surface area contributed by atoms with Crippen LogP contribution in [0.1, 0.15) is 39.9 Å². The Kier molecular flexibility index (Phi) is 8.10. The van der Waals surface area contributed by atoms with Crippen LogP contribution in [0.2, 0.25) is 10.0 Å². The first kappa shape index (κ1) is 28.1. The van der Waals surface area contributed by atoms with Crippen LogP contribution in [0.3, 0.4) is 0 Å². The lowest BCUT2D eigenvalue weighted by atomic mass is 10.1. The molecule has 3 aromatic carbocycles. The number of aromatic amines is 1. The van der Waals surface area contributed by atoms with Crippen LogP contribution in [0, 0.1) is 0 Å². The maximum Gasteiger partial charge on any atom is 0.416 e. The third-order valence-electron chi connectivity index (χ3n) is 7.05. The lowest BCUT2D eigenvalue weighted by molar-refractivity contribution is -0.137. The average Bonchev–Trinajstić information content (AvgIpc) is 3.68. The zero-order chi connectivity index (χ0) is 28.4. The first-order valence-corrected chi connectivity index (χ1v) is 13.6. The molecule has 1 aromatic heterocycles. The van der Waals surface area contributed by atoms with Gasteiger partial charge in [-0.1, -0.05) is 53.5 Å². The number of H-pyrrole nitrogens is 1. The molecular formula is C30H26Cl2F3N3O2. The summed E-state index contributed by atoms with van der Waals surface area (Å²) in [7, 11) is 0. The van der Waals surface area contributed by atoms with Crippen LogP contribution >= 0.6 is 23.2 Å². The summed E-state index contributed by atoms with van der Waals surface area (Å²) in [6, 6.07) is 17.1. The monoisotopic (exact) mass is 587 g/mol. The number of amides is 2. The molecular weight excluding hydrogens is 562 g/mol. The normalized spacial score (nSPS) is 13.4. The highest BCUT2D eigenvalue weighted by Crippen LogP contribution is 2.32. The van der Waals surface area contributed by atoms with Crippen LogP contribution in [0.15, 0.2) is 72.9 Å². The quantitative estimate of drug-likeness (QED) is 0.222. The number of aromatic nitrogens is 1. The van der Waals surface area contributed by atoms with Gasteiger partial charge in [-0.2, -0.15) is 13.2 Å². The molecule has 10 heteroatoms. The van der Waals surface area contributed by atoms with E-state index in [1.807, 2.05) is 30.5 Å². The number of benzene rings is 3. The molecule has 1 aliphatic rings. The average molecular weight is 588 g/mol. The summed E-state index contributed by atoms with van der Waals surface area (Å²) < 4.78 is 39.3. The van der Waals surface area contributed by atoms with E-state index < -0.39 is 11.7 Å². The fourth-order valence-electron chi connectivity index (χ4n) is 4.72. The molecule has 0 bridgehead atoms. The zero-order valence-electron chi connectivity index (χ0n) is 21.3. The number of hydrogen-bond acceptors (Lipinski definition) is 2. The Balaban J connectivity index is 1.37. The number of nitrogens with zero attached hydrogens (tertiary/aromatic N) is 2. The Hall–Kier alpha value is -3.49. The van der Waals surface area contributed by atoms with E-state index in [2.05, 4.69) is 4.98 Å². The number of nitrogens with one attached hydrogen (secondary N) is 1. The van der Waals surface area contributed by atoms with Gasteiger partial charge in [0.15, 0.2) is 0 Å². The highest BCUT2D eigenvalue weighted by atomic mass is 35.5. The van der Waals surface area contributed by atoms with Crippen LogP contribution in [-0.2, 0) is 23.9 Å². The third kappa shape index (κ3) is 6.45. The number of carbonyl (C=O) groups is 2. The van der Waals surface area contributed by atoms with Gasteiger partial charge in [-0.25, -0.2) is 0 Å². The number of fused-ring (bicyclic) bond motifs is 1. The molecule has 0 radical (unpaired) electrons. The van der Waals surface area contributed by atoms with Crippen molar-refractivity contribution in [1.29, 1.82) is 0 Å². The van der Waals surface area contributed by atoms with Gasteiger partial charge in [-0.15, -0.1) is 0 Å². The van der Waals surface area contributed by atoms with Crippen molar-refractivity contribution in [3.8, 4) is 0 Å². The van der Waals surface area contributed by atoms with Gasteiger partial charge in [-0.3, -0.25) is 9.59 Å². The molecule has 5 nitrogen and oxygen atoms in total. The van der Waals surface area contributed by atoms with Crippen molar-refractivity contribution in [2.45, 2.75) is 38.0 Å². The maximum absolute atomic E-state index is 13.7. The van der Waals surface area contributed by atoms with Gasteiger partial charge < -0.3 is 14.8 Å². The van der Waals surface area contributed by atoms with Crippen LogP contribution in [0.5, 0.6) is 0 Å². The van der Waals surface area contributed by atoms with Gasteiger partial charge in [0.2, 0.25) is 5.91 Å². The summed E-state index contributed by atoms with van der Waals surface area (Å²) in [6.07, 6.45) is -0.473. The van der Waals surface area contributed by atoms with Gasteiger partial charge in [-0.05, 0) is 66.8 Å². The van der Waals surface area contributed by atoms with E-state index >= 15 is 0 Å². The fraction of sp³-hybridized carbons (Fsp3) is 0.267. The van der Waals surface area contributed by atoms with E-state index in [-0.39, 0.29) is 41.5 Å². The largest absolute Gasteiger partial charge is 0.416 e. The van der Waals surface area contributed by atoms with E-state index in [9.17, 15) is 22.8 Å². The molecule has 4 aromatic rings. The van der Waals surface area contributed by atoms with Crippen LogP contribution in [0.4, 0.5) is 13.2 Å². The van der Waals surface area contributed by atoms with E-state index in [1.54, 1.807) is 17.0 Å². The fourth-order valence-corrected chi connectivity index (χ4v) is 5.21. The molecule has 0 saturated heterocycles. The number of para-hydroxylation sites is 1. The van der Waals surface area contributed by atoms with Gasteiger partial charge in [0.1, 0.15) is 6.54 Å². The van der Waals surface area contributed by atoms with Gasteiger partial charge in [0.25, 0.3) is 5.91 Å². The van der Waals surface area contributed by atoms with Crippen LogP contribution in [0.25, 0.3) is 10.9 Å². The molecule has 1 N–H and O–H groups in total. The lowest BCUT2D eigenvalue weighted by Gasteiger charge is -2.28. The first-order valence-electron chi connectivity index (χ1n) is 12.8. The highest BCUT2D eigenvalue weighted by Gasteiger charge is 2.36. The lowest BCUT2D eigenvalue weighted by Crippen LogP contribution is -2.44. The summed E-state index contributed by atoms with van der Waals surface area (Å²) in [5.74, 6) is -0.659. The first-order chi connectivity index (χ1) is 19.1.